The Balaban J connectivity index is 1.59. The van der Waals surface area contributed by atoms with E-state index in [1.54, 1.807) is 66.7 Å². The van der Waals surface area contributed by atoms with Gasteiger partial charge in [0.05, 0.1) is 17.9 Å². The Morgan fingerprint density at radius 2 is 1.63 bits per heavy atom. The summed E-state index contributed by atoms with van der Waals surface area (Å²) in [6.45, 7) is 0. The molecule has 0 atom stereocenters. The van der Waals surface area contributed by atoms with Crippen LogP contribution in [0.2, 0.25) is 0 Å². The molecule has 0 unspecified atom stereocenters. The van der Waals surface area contributed by atoms with E-state index in [0.29, 0.717) is 22.5 Å². The predicted molar refractivity (Wildman–Crippen MR) is 102 cm³/mol. The van der Waals surface area contributed by atoms with Crippen molar-refractivity contribution in [3.8, 4) is 6.07 Å². The molecule has 0 aliphatic carbocycles. The van der Waals surface area contributed by atoms with Crippen LogP contribution in [0.3, 0.4) is 0 Å². The van der Waals surface area contributed by atoms with Crippen LogP contribution in [0.15, 0.2) is 77.4 Å². The predicted octanol–water partition coefficient (Wildman–Crippen LogP) is 4.06. The SMILES string of the molecule is N#Cc1ccccc1/C=C/C(=O)Nc1ccc(NC(=O)c2ccco2)cc1. The molecule has 0 fully saturated rings. The van der Waals surface area contributed by atoms with Crippen LogP contribution in [0.1, 0.15) is 21.7 Å². The van der Waals surface area contributed by atoms with E-state index >= 15 is 0 Å². The van der Waals surface area contributed by atoms with Gasteiger partial charge in [-0.1, -0.05) is 18.2 Å². The molecule has 2 amide bonds. The minimum Gasteiger partial charge on any atom is -0.459 e. The average molecular weight is 357 g/mol. The average Bonchev–Trinajstić information content (AvgIpc) is 3.23. The molecule has 6 nitrogen and oxygen atoms in total. The number of furan rings is 1. The van der Waals surface area contributed by atoms with Gasteiger partial charge in [0, 0.05) is 17.5 Å². The third-order valence-corrected chi connectivity index (χ3v) is 3.65. The fraction of sp³-hybridized carbons (Fsp3) is 0. The second-order valence-corrected chi connectivity index (χ2v) is 5.53. The number of nitrogens with one attached hydrogen (secondary N) is 2. The maximum absolute atomic E-state index is 12.0. The molecule has 0 bridgehead atoms. The molecule has 2 aromatic carbocycles. The Kier molecular flexibility index (Phi) is 5.45. The Bertz CT molecular complexity index is 1010. The van der Waals surface area contributed by atoms with Gasteiger partial charge in [-0.3, -0.25) is 9.59 Å². The molecule has 3 rings (SSSR count). The van der Waals surface area contributed by atoms with Crippen LogP contribution >= 0.6 is 0 Å². The molecule has 1 heterocycles. The van der Waals surface area contributed by atoms with E-state index in [1.165, 1.54) is 12.3 Å². The molecule has 3 aromatic rings. The highest BCUT2D eigenvalue weighted by Gasteiger charge is 2.08. The molecule has 132 valence electrons. The van der Waals surface area contributed by atoms with Crippen molar-refractivity contribution >= 4 is 29.3 Å². The van der Waals surface area contributed by atoms with Crippen LogP contribution in [0.25, 0.3) is 6.08 Å². The first-order chi connectivity index (χ1) is 13.2. The Labute approximate surface area is 155 Å². The quantitative estimate of drug-likeness (QED) is 0.673. The summed E-state index contributed by atoms with van der Waals surface area (Å²) < 4.78 is 5.03. The van der Waals surface area contributed by atoms with Crippen molar-refractivity contribution in [1.29, 1.82) is 5.26 Å². The van der Waals surface area contributed by atoms with Gasteiger partial charge in [-0.15, -0.1) is 0 Å². The van der Waals surface area contributed by atoms with Gasteiger partial charge < -0.3 is 15.1 Å². The Morgan fingerprint density at radius 1 is 0.926 bits per heavy atom. The lowest BCUT2D eigenvalue weighted by Gasteiger charge is -2.06. The first kappa shape index (κ1) is 17.7. The van der Waals surface area contributed by atoms with E-state index in [1.807, 2.05) is 0 Å². The van der Waals surface area contributed by atoms with Crippen molar-refractivity contribution in [3.63, 3.8) is 0 Å². The highest BCUT2D eigenvalue weighted by molar-refractivity contribution is 6.03. The third-order valence-electron chi connectivity index (χ3n) is 3.65. The van der Waals surface area contributed by atoms with Crippen LogP contribution in [-0.2, 0) is 4.79 Å². The number of hydrogen-bond donors (Lipinski definition) is 2. The topological polar surface area (TPSA) is 95.1 Å². The summed E-state index contributed by atoms with van der Waals surface area (Å²) in [5, 5.41) is 14.5. The second-order valence-electron chi connectivity index (χ2n) is 5.53. The van der Waals surface area contributed by atoms with E-state index < -0.39 is 0 Å². The Morgan fingerprint density at radius 3 is 2.30 bits per heavy atom. The molecule has 27 heavy (non-hydrogen) atoms. The van der Waals surface area contributed by atoms with Crippen molar-refractivity contribution < 1.29 is 14.0 Å². The Hall–Kier alpha value is -4.11. The highest BCUT2D eigenvalue weighted by atomic mass is 16.3. The number of amides is 2. The van der Waals surface area contributed by atoms with Crippen LogP contribution in [0.5, 0.6) is 0 Å². The van der Waals surface area contributed by atoms with E-state index in [9.17, 15) is 9.59 Å². The van der Waals surface area contributed by atoms with Gasteiger partial charge >= 0.3 is 0 Å². The number of hydrogen-bond acceptors (Lipinski definition) is 4. The van der Waals surface area contributed by atoms with Gasteiger partial charge in [0.2, 0.25) is 5.91 Å². The molecule has 0 aliphatic heterocycles. The van der Waals surface area contributed by atoms with Gasteiger partial charge in [0.25, 0.3) is 5.91 Å². The lowest BCUT2D eigenvalue weighted by molar-refractivity contribution is -0.111. The summed E-state index contributed by atoms with van der Waals surface area (Å²) in [6, 6.07) is 19.0. The number of anilines is 2. The standard InChI is InChI=1S/C21H15N3O3/c22-14-16-5-2-1-4-15(16)7-12-20(25)23-17-8-10-18(11-9-17)24-21(26)19-6-3-13-27-19/h1-13H,(H,23,25)(H,24,26)/b12-7+. The molecule has 0 saturated carbocycles. The number of nitriles is 1. The van der Waals surface area contributed by atoms with Crippen molar-refractivity contribution in [3.05, 3.63) is 89.9 Å². The fourth-order valence-electron chi connectivity index (χ4n) is 2.33. The van der Waals surface area contributed by atoms with E-state index in [4.69, 9.17) is 9.68 Å². The van der Waals surface area contributed by atoms with Crippen molar-refractivity contribution in [2.45, 2.75) is 0 Å². The first-order valence-corrected chi connectivity index (χ1v) is 8.09. The van der Waals surface area contributed by atoms with E-state index in [-0.39, 0.29) is 17.6 Å². The summed E-state index contributed by atoms with van der Waals surface area (Å²) in [6.07, 6.45) is 4.38. The number of nitrogens with zero attached hydrogens (tertiary/aromatic N) is 1. The summed E-state index contributed by atoms with van der Waals surface area (Å²) in [4.78, 5) is 23.9. The monoisotopic (exact) mass is 357 g/mol. The molecular formula is C21H15N3O3. The molecular weight excluding hydrogens is 342 g/mol. The van der Waals surface area contributed by atoms with Gasteiger partial charge in [-0.25, -0.2) is 0 Å². The molecule has 0 radical (unpaired) electrons. The zero-order valence-electron chi connectivity index (χ0n) is 14.2. The van der Waals surface area contributed by atoms with Crippen molar-refractivity contribution in [2.75, 3.05) is 10.6 Å². The number of carbonyl (C=O) groups excluding carboxylic acids is 2. The van der Waals surface area contributed by atoms with Crippen molar-refractivity contribution in [2.24, 2.45) is 0 Å². The van der Waals surface area contributed by atoms with Gasteiger partial charge in [0.1, 0.15) is 0 Å². The van der Waals surface area contributed by atoms with Crippen LogP contribution in [-0.4, -0.2) is 11.8 Å². The lowest BCUT2D eigenvalue weighted by Crippen LogP contribution is -2.11. The molecule has 0 spiro atoms. The maximum atomic E-state index is 12.0. The maximum Gasteiger partial charge on any atom is 0.291 e. The minimum atomic E-state index is -0.351. The van der Waals surface area contributed by atoms with Gasteiger partial charge in [-0.2, -0.15) is 5.26 Å². The summed E-state index contributed by atoms with van der Waals surface area (Å²) in [5.41, 5.74) is 2.33. The van der Waals surface area contributed by atoms with Gasteiger partial charge in [-0.05, 0) is 54.1 Å². The number of carbonyl (C=O) groups is 2. The summed E-state index contributed by atoms with van der Waals surface area (Å²) in [5.74, 6) is -0.457. The van der Waals surface area contributed by atoms with Gasteiger partial charge in [0.15, 0.2) is 5.76 Å². The normalized spacial score (nSPS) is 10.3. The van der Waals surface area contributed by atoms with Crippen molar-refractivity contribution in [1.82, 2.24) is 0 Å². The molecule has 0 aliphatic rings. The third kappa shape index (κ3) is 4.71. The highest BCUT2D eigenvalue weighted by Crippen LogP contribution is 2.15. The molecule has 0 saturated heterocycles. The summed E-state index contributed by atoms with van der Waals surface area (Å²) >= 11 is 0. The number of rotatable bonds is 5. The van der Waals surface area contributed by atoms with Crippen LogP contribution in [0.4, 0.5) is 11.4 Å². The van der Waals surface area contributed by atoms with Crippen LogP contribution < -0.4 is 10.6 Å². The zero-order valence-corrected chi connectivity index (χ0v) is 14.2. The smallest absolute Gasteiger partial charge is 0.291 e. The van der Waals surface area contributed by atoms with E-state index in [0.717, 1.165) is 0 Å². The van der Waals surface area contributed by atoms with E-state index in [2.05, 4.69) is 16.7 Å². The van der Waals surface area contributed by atoms with Crippen LogP contribution in [0, 0.1) is 11.3 Å². The largest absolute Gasteiger partial charge is 0.459 e. The molecule has 1 aromatic heterocycles. The molecule has 2 N–H and O–H groups in total. The minimum absolute atomic E-state index is 0.218. The first-order valence-electron chi connectivity index (χ1n) is 8.09. The second kappa shape index (κ2) is 8.32. The number of benzene rings is 2. The zero-order chi connectivity index (χ0) is 19.1. The molecule has 6 heteroatoms. The fourth-order valence-corrected chi connectivity index (χ4v) is 2.33. The lowest BCUT2D eigenvalue weighted by atomic mass is 10.1. The summed E-state index contributed by atoms with van der Waals surface area (Å²) in [7, 11) is 0.